The van der Waals surface area contributed by atoms with Crippen LogP contribution in [-0.4, -0.2) is 48.0 Å². The van der Waals surface area contributed by atoms with Gasteiger partial charge in [-0.3, -0.25) is 9.69 Å². The summed E-state index contributed by atoms with van der Waals surface area (Å²) >= 11 is 0. The van der Waals surface area contributed by atoms with E-state index < -0.39 is 11.7 Å². The van der Waals surface area contributed by atoms with E-state index in [4.69, 9.17) is 0 Å². The van der Waals surface area contributed by atoms with E-state index in [2.05, 4.69) is 15.2 Å². The molecule has 1 atom stereocenters. The second-order valence-corrected chi connectivity index (χ2v) is 6.46. The van der Waals surface area contributed by atoms with Crippen molar-refractivity contribution in [2.75, 3.05) is 36.4 Å². The first-order valence-corrected chi connectivity index (χ1v) is 8.73. The predicted octanol–water partition coefficient (Wildman–Crippen LogP) is 3.25. The largest absolute Gasteiger partial charge is 0.417 e. The molecule has 0 radical (unpaired) electrons. The predicted molar refractivity (Wildman–Crippen MR) is 97.6 cm³/mol. The lowest BCUT2D eigenvalue weighted by molar-refractivity contribution is -0.137. The molecule has 1 aliphatic rings. The third-order valence-corrected chi connectivity index (χ3v) is 4.68. The SMILES string of the molecule is C[C@H](C(=O)Nc1ccccc1)N1CCN(c2ccc(C(F)(F)F)cn2)CC1. The number of piperazine rings is 1. The Balaban J connectivity index is 1.54. The Labute approximate surface area is 155 Å². The van der Waals surface area contributed by atoms with Gasteiger partial charge in [-0.25, -0.2) is 4.98 Å². The van der Waals surface area contributed by atoms with Crippen molar-refractivity contribution in [3.05, 3.63) is 54.2 Å². The molecule has 1 N–H and O–H groups in total. The van der Waals surface area contributed by atoms with Crippen molar-refractivity contribution in [1.82, 2.24) is 9.88 Å². The van der Waals surface area contributed by atoms with Crippen LogP contribution in [0.25, 0.3) is 0 Å². The summed E-state index contributed by atoms with van der Waals surface area (Å²) in [7, 11) is 0. The highest BCUT2D eigenvalue weighted by Gasteiger charge is 2.31. The molecule has 0 spiro atoms. The van der Waals surface area contributed by atoms with Crippen molar-refractivity contribution in [2.24, 2.45) is 0 Å². The average molecular weight is 378 g/mol. The number of amides is 1. The van der Waals surface area contributed by atoms with Crippen LogP contribution in [0.2, 0.25) is 0 Å². The molecule has 8 heteroatoms. The van der Waals surface area contributed by atoms with E-state index in [0.29, 0.717) is 32.0 Å². The summed E-state index contributed by atoms with van der Waals surface area (Å²) in [5, 5.41) is 2.89. The van der Waals surface area contributed by atoms with Crippen LogP contribution >= 0.6 is 0 Å². The van der Waals surface area contributed by atoms with Crippen LogP contribution in [0.3, 0.4) is 0 Å². The fourth-order valence-electron chi connectivity index (χ4n) is 3.01. The fraction of sp³-hybridized carbons (Fsp3) is 0.368. The molecular weight excluding hydrogens is 357 g/mol. The summed E-state index contributed by atoms with van der Waals surface area (Å²) < 4.78 is 37.9. The minimum absolute atomic E-state index is 0.0812. The topological polar surface area (TPSA) is 48.5 Å². The lowest BCUT2D eigenvalue weighted by atomic mass is 10.2. The Morgan fingerprint density at radius 3 is 2.30 bits per heavy atom. The zero-order chi connectivity index (χ0) is 19.4. The fourth-order valence-corrected chi connectivity index (χ4v) is 3.01. The van der Waals surface area contributed by atoms with Crippen LogP contribution in [0.5, 0.6) is 0 Å². The van der Waals surface area contributed by atoms with Crippen LogP contribution in [-0.2, 0) is 11.0 Å². The van der Waals surface area contributed by atoms with Crippen LogP contribution in [0.1, 0.15) is 12.5 Å². The molecule has 144 valence electrons. The first kappa shape index (κ1) is 19.2. The van der Waals surface area contributed by atoms with Crippen molar-refractivity contribution in [2.45, 2.75) is 19.1 Å². The van der Waals surface area contributed by atoms with Crippen LogP contribution < -0.4 is 10.2 Å². The molecule has 0 bridgehead atoms. The van der Waals surface area contributed by atoms with Gasteiger partial charge in [0.25, 0.3) is 0 Å². The van der Waals surface area contributed by atoms with Crippen LogP contribution in [0.4, 0.5) is 24.7 Å². The second-order valence-electron chi connectivity index (χ2n) is 6.46. The maximum atomic E-state index is 12.6. The van der Waals surface area contributed by atoms with Crippen molar-refractivity contribution < 1.29 is 18.0 Å². The van der Waals surface area contributed by atoms with Gasteiger partial charge in [-0.1, -0.05) is 18.2 Å². The highest BCUT2D eigenvalue weighted by molar-refractivity contribution is 5.94. The molecule has 1 fully saturated rings. The average Bonchev–Trinajstić information content (AvgIpc) is 2.68. The Bertz CT molecular complexity index is 757. The number of benzene rings is 1. The molecule has 1 saturated heterocycles. The maximum Gasteiger partial charge on any atom is 0.417 e. The van der Waals surface area contributed by atoms with Crippen molar-refractivity contribution in [3.8, 4) is 0 Å². The molecule has 1 amide bonds. The smallest absolute Gasteiger partial charge is 0.354 e. The van der Waals surface area contributed by atoms with Crippen molar-refractivity contribution in [1.29, 1.82) is 0 Å². The number of anilines is 2. The van der Waals surface area contributed by atoms with E-state index in [1.807, 2.05) is 42.2 Å². The Morgan fingerprint density at radius 2 is 1.74 bits per heavy atom. The molecule has 5 nitrogen and oxygen atoms in total. The second kappa shape index (κ2) is 7.96. The number of nitrogens with one attached hydrogen (secondary N) is 1. The summed E-state index contributed by atoms with van der Waals surface area (Å²) in [6, 6.07) is 11.4. The molecule has 2 heterocycles. The summed E-state index contributed by atoms with van der Waals surface area (Å²) in [4.78, 5) is 20.3. The van der Waals surface area contributed by atoms with E-state index in [1.54, 1.807) is 0 Å². The molecule has 1 aromatic carbocycles. The van der Waals surface area contributed by atoms with Gasteiger partial charge in [0.1, 0.15) is 5.82 Å². The molecule has 0 aliphatic carbocycles. The summed E-state index contributed by atoms with van der Waals surface area (Å²) in [5.74, 6) is 0.436. The third-order valence-electron chi connectivity index (χ3n) is 4.68. The van der Waals surface area contributed by atoms with Gasteiger partial charge in [-0.05, 0) is 31.2 Å². The number of carbonyl (C=O) groups excluding carboxylic acids is 1. The van der Waals surface area contributed by atoms with Crippen LogP contribution in [0, 0.1) is 0 Å². The number of rotatable bonds is 4. The summed E-state index contributed by atoms with van der Waals surface area (Å²) in [5.41, 5.74) is -0.00182. The van der Waals surface area contributed by atoms with E-state index in [-0.39, 0.29) is 11.9 Å². The minimum Gasteiger partial charge on any atom is -0.354 e. The molecule has 27 heavy (non-hydrogen) atoms. The Morgan fingerprint density at radius 1 is 1.07 bits per heavy atom. The van der Waals surface area contributed by atoms with Gasteiger partial charge >= 0.3 is 6.18 Å². The van der Waals surface area contributed by atoms with E-state index >= 15 is 0 Å². The number of nitrogens with zero attached hydrogens (tertiary/aromatic N) is 3. The monoisotopic (exact) mass is 378 g/mol. The summed E-state index contributed by atoms with van der Waals surface area (Å²) in [6.07, 6.45) is -3.52. The van der Waals surface area contributed by atoms with Gasteiger partial charge in [-0.2, -0.15) is 13.2 Å². The van der Waals surface area contributed by atoms with Gasteiger partial charge in [0, 0.05) is 38.1 Å². The van der Waals surface area contributed by atoms with E-state index in [0.717, 1.165) is 18.0 Å². The first-order valence-electron chi connectivity index (χ1n) is 8.73. The van der Waals surface area contributed by atoms with Gasteiger partial charge in [0.15, 0.2) is 0 Å². The lowest BCUT2D eigenvalue weighted by Gasteiger charge is -2.38. The number of hydrogen-bond donors (Lipinski definition) is 1. The molecule has 1 aromatic heterocycles. The molecule has 0 unspecified atom stereocenters. The van der Waals surface area contributed by atoms with Crippen molar-refractivity contribution >= 4 is 17.4 Å². The number of carbonyl (C=O) groups is 1. The van der Waals surface area contributed by atoms with Crippen LogP contribution in [0.15, 0.2) is 48.7 Å². The number of para-hydroxylation sites is 1. The Kier molecular flexibility index (Phi) is 5.65. The minimum atomic E-state index is -4.38. The number of alkyl halides is 3. The molecule has 1 aliphatic heterocycles. The van der Waals surface area contributed by atoms with E-state index in [1.165, 1.54) is 6.07 Å². The number of pyridine rings is 1. The zero-order valence-electron chi connectivity index (χ0n) is 14.9. The maximum absolute atomic E-state index is 12.6. The number of hydrogen-bond acceptors (Lipinski definition) is 4. The number of halogens is 3. The zero-order valence-corrected chi connectivity index (χ0v) is 14.9. The standard InChI is InChI=1S/C19H21F3N4O/c1-14(18(27)24-16-5-3-2-4-6-16)25-9-11-26(12-10-25)17-8-7-15(13-23-17)19(20,21)22/h2-8,13-14H,9-12H2,1H3,(H,24,27)/t14-/m1/s1. The van der Waals surface area contributed by atoms with Gasteiger partial charge in [0.2, 0.25) is 5.91 Å². The highest BCUT2D eigenvalue weighted by Crippen LogP contribution is 2.29. The number of aromatic nitrogens is 1. The third kappa shape index (κ3) is 4.77. The molecular formula is C19H21F3N4O. The van der Waals surface area contributed by atoms with Gasteiger partial charge < -0.3 is 10.2 Å². The molecule has 2 aromatic rings. The Hall–Kier alpha value is -2.61. The quantitative estimate of drug-likeness (QED) is 0.887. The lowest BCUT2D eigenvalue weighted by Crippen LogP contribution is -2.53. The highest BCUT2D eigenvalue weighted by atomic mass is 19.4. The normalized spacial score (nSPS) is 16.8. The van der Waals surface area contributed by atoms with Crippen molar-refractivity contribution in [3.63, 3.8) is 0 Å². The van der Waals surface area contributed by atoms with E-state index in [9.17, 15) is 18.0 Å². The van der Waals surface area contributed by atoms with Gasteiger partial charge in [0.05, 0.1) is 11.6 Å². The van der Waals surface area contributed by atoms with Gasteiger partial charge in [-0.15, -0.1) is 0 Å². The summed E-state index contributed by atoms with van der Waals surface area (Å²) in [6.45, 7) is 4.31. The molecule has 3 rings (SSSR count). The first-order chi connectivity index (χ1) is 12.8. The molecule has 0 saturated carbocycles.